The summed E-state index contributed by atoms with van der Waals surface area (Å²) in [5.41, 5.74) is 1.16. The number of hydrogen-bond acceptors (Lipinski definition) is 1. The minimum absolute atomic E-state index is 1.16. The predicted molar refractivity (Wildman–Crippen MR) is 36.7 cm³/mol. The van der Waals surface area contributed by atoms with Crippen LogP contribution in [0.15, 0.2) is 18.5 Å². The molecular weight excluding hydrogens is 231 g/mol. The molecule has 3 heteroatoms. The fourth-order valence-electron chi connectivity index (χ4n) is 0.404. The molecule has 1 nitrogen and oxygen atoms in total. The van der Waals surface area contributed by atoms with E-state index in [0.717, 1.165) is 5.56 Å². The number of rotatable bonds is 0. The standard InChI is InChI=1S/C6H6N.BrH.Zn/c1-6-3-2-4-7-5-6;;/h3-5H,1H3;1H;/q-1;;+2/p-1. The van der Waals surface area contributed by atoms with Crippen LogP contribution in [0.2, 0.25) is 0 Å². The molecule has 1 aromatic rings. The number of aromatic nitrogens is 1. The van der Waals surface area contributed by atoms with Gasteiger partial charge < -0.3 is 4.98 Å². The summed E-state index contributed by atoms with van der Waals surface area (Å²) in [6, 6.07) is 4.75. The maximum atomic E-state index is 3.83. The molecule has 0 aromatic carbocycles. The molecule has 44 valence electrons. The van der Waals surface area contributed by atoms with E-state index < -0.39 is 0 Å². The van der Waals surface area contributed by atoms with Gasteiger partial charge in [0, 0.05) is 0 Å². The van der Waals surface area contributed by atoms with E-state index in [1.54, 1.807) is 12.4 Å². The van der Waals surface area contributed by atoms with Gasteiger partial charge in [-0.1, -0.05) is 12.4 Å². The van der Waals surface area contributed by atoms with Crippen molar-refractivity contribution in [2.24, 2.45) is 0 Å². The molecule has 1 heterocycles. The Balaban J connectivity index is 0.000000291. The average molecular weight is 237 g/mol. The molecule has 0 N–H and O–H groups in total. The molecule has 0 aliphatic heterocycles. The minimum atomic E-state index is 1.16. The molecule has 0 spiro atoms. The van der Waals surface area contributed by atoms with Gasteiger partial charge in [0.2, 0.25) is 0 Å². The van der Waals surface area contributed by atoms with Crippen molar-refractivity contribution in [2.75, 3.05) is 0 Å². The van der Waals surface area contributed by atoms with Crippen molar-refractivity contribution in [3.63, 3.8) is 0 Å². The summed E-state index contributed by atoms with van der Waals surface area (Å²) in [5.74, 6) is 0. The van der Waals surface area contributed by atoms with Gasteiger partial charge in [-0.25, -0.2) is 12.1 Å². The summed E-state index contributed by atoms with van der Waals surface area (Å²) in [6.45, 7) is 1.99. The molecule has 0 atom stereocenters. The van der Waals surface area contributed by atoms with Gasteiger partial charge in [0.1, 0.15) is 0 Å². The van der Waals surface area contributed by atoms with Crippen LogP contribution in [0.25, 0.3) is 0 Å². The maximum absolute atomic E-state index is 3.83. The molecular formula is C6H6BrNZn. The molecule has 1 aromatic heterocycles. The third-order valence-corrected chi connectivity index (χ3v) is 0.738. The molecule has 0 fully saturated rings. The molecule has 0 aliphatic carbocycles. The normalized spacial score (nSPS) is 7.56. The number of halogens is 1. The Kier molecular flexibility index (Phi) is 6.55. The first-order chi connectivity index (χ1) is 4.39. The van der Waals surface area contributed by atoms with Gasteiger partial charge in [-0.05, 0) is 0 Å². The van der Waals surface area contributed by atoms with E-state index in [-0.39, 0.29) is 0 Å². The van der Waals surface area contributed by atoms with Gasteiger partial charge in [-0.2, -0.15) is 5.56 Å². The molecule has 9 heavy (non-hydrogen) atoms. The van der Waals surface area contributed by atoms with Crippen molar-refractivity contribution in [3.8, 4) is 0 Å². The summed E-state index contributed by atoms with van der Waals surface area (Å²) >= 11 is 4.25. The van der Waals surface area contributed by atoms with Crippen molar-refractivity contribution >= 4 is 13.6 Å². The third kappa shape index (κ3) is 4.74. The van der Waals surface area contributed by atoms with E-state index >= 15 is 0 Å². The summed E-state index contributed by atoms with van der Waals surface area (Å²) in [6.07, 6.45) is 3.45. The number of pyridine rings is 1. The molecule has 0 aliphatic rings. The van der Waals surface area contributed by atoms with E-state index in [1.807, 2.05) is 13.0 Å². The molecule has 0 unspecified atom stereocenters. The van der Waals surface area contributed by atoms with Crippen LogP contribution in [0, 0.1) is 13.0 Å². The van der Waals surface area contributed by atoms with Crippen LogP contribution in [0.1, 0.15) is 5.56 Å². The second kappa shape index (κ2) is 6.37. The third-order valence-electron chi connectivity index (χ3n) is 0.738. The second-order valence-corrected chi connectivity index (χ2v) is 1.46. The number of nitrogens with zero attached hydrogens (tertiary/aromatic N) is 1. The molecule has 0 amide bonds. The first kappa shape index (κ1) is 9.25. The van der Waals surface area contributed by atoms with Crippen LogP contribution in [-0.4, -0.2) is 4.98 Å². The molecule has 0 saturated carbocycles. The second-order valence-electron chi connectivity index (χ2n) is 1.46. The van der Waals surface area contributed by atoms with E-state index in [1.165, 1.54) is 16.3 Å². The predicted octanol–water partition coefficient (Wildman–Crippen LogP) is 2.03. The van der Waals surface area contributed by atoms with E-state index in [9.17, 15) is 0 Å². The Bertz CT molecular complexity index is 143. The van der Waals surface area contributed by atoms with Gasteiger partial charge in [0.15, 0.2) is 0 Å². The summed E-state index contributed by atoms with van der Waals surface area (Å²) in [5, 5.41) is 0. The Morgan fingerprint density at radius 3 is 2.56 bits per heavy atom. The quantitative estimate of drug-likeness (QED) is 0.497. The van der Waals surface area contributed by atoms with Gasteiger partial charge >= 0.3 is 30.0 Å². The molecule has 1 rings (SSSR count). The van der Waals surface area contributed by atoms with E-state index in [4.69, 9.17) is 0 Å². The summed E-state index contributed by atoms with van der Waals surface area (Å²) < 4.78 is 0. The topological polar surface area (TPSA) is 12.9 Å². The van der Waals surface area contributed by atoms with Gasteiger partial charge in [-0.15, -0.1) is 6.92 Å². The Morgan fingerprint density at radius 2 is 2.33 bits per heavy atom. The Labute approximate surface area is 71.9 Å². The number of hydrogen-bond donors (Lipinski definition) is 0. The Morgan fingerprint density at radius 1 is 1.67 bits per heavy atom. The van der Waals surface area contributed by atoms with Crippen LogP contribution < -0.4 is 0 Å². The van der Waals surface area contributed by atoms with Crippen LogP contribution in [0.4, 0.5) is 0 Å². The number of aryl methyl sites for hydroxylation is 1. The van der Waals surface area contributed by atoms with Crippen LogP contribution in [-0.2, 0) is 16.3 Å². The molecule has 0 bridgehead atoms. The SMILES string of the molecule is Cc1c[c-]cnc1.[Zn+][Br]. The summed E-state index contributed by atoms with van der Waals surface area (Å²) in [4.78, 5) is 3.83. The van der Waals surface area contributed by atoms with Crippen molar-refractivity contribution < 1.29 is 16.3 Å². The fraction of sp³-hybridized carbons (Fsp3) is 0.167. The first-order valence-corrected chi connectivity index (χ1v) is 9.39. The fourth-order valence-corrected chi connectivity index (χ4v) is 0.404. The van der Waals surface area contributed by atoms with Crippen LogP contribution in [0.3, 0.4) is 0 Å². The van der Waals surface area contributed by atoms with Crippen molar-refractivity contribution in [1.29, 1.82) is 0 Å². The zero-order valence-electron chi connectivity index (χ0n) is 5.26. The Hall–Kier alpha value is 0.253. The van der Waals surface area contributed by atoms with E-state index in [2.05, 4.69) is 24.7 Å². The zero-order valence-corrected chi connectivity index (χ0v) is 9.82. The monoisotopic (exact) mass is 235 g/mol. The first-order valence-electron chi connectivity index (χ1n) is 2.44. The zero-order chi connectivity index (χ0) is 7.11. The van der Waals surface area contributed by atoms with Crippen molar-refractivity contribution in [3.05, 3.63) is 30.1 Å². The summed E-state index contributed by atoms with van der Waals surface area (Å²) in [7, 11) is 0. The molecule has 0 radical (unpaired) electrons. The van der Waals surface area contributed by atoms with E-state index in [0.29, 0.717) is 0 Å². The van der Waals surface area contributed by atoms with Gasteiger partial charge in [-0.3, -0.25) is 0 Å². The molecule has 0 saturated heterocycles. The van der Waals surface area contributed by atoms with Gasteiger partial charge in [0.05, 0.1) is 0 Å². The average Bonchev–Trinajstić information content (AvgIpc) is 1.94. The van der Waals surface area contributed by atoms with Crippen LogP contribution >= 0.6 is 13.6 Å². The van der Waals surface area contributed by atoms with Crippen molar-refractivity contribution in [2.45, 2.75) is 6.92 Å². The van der Waals surface area contributed by atoms with Crippen LogP contribution in [0.5, 0.6) is 0 Å². The van der Waals surface area contributed by atoms with Crippen molar-refractivity contribution in [1.82, 2.24) is 4.98 Å². The van der Waals surface area contributed by atoms with Gasteiger partial charge in [0.25, 0.3) is 0 Å².